The van der Waals surface area contributed by atoms with Gasteiger partial charge < -0.3 is 20.5 Å². The molecule has 1 fully saturated rings. The third-order valence-corrected chi connectivity index (χ3v) is 12.1. The number of benzene rings is 3. The van der Waals surface area contributed by atoms with Gasteiger partial charge in [-0.2, -0.15) is 9.78 Å². The van der Waals surface area contributed by atoms with Crippen LogP contribution in [0.3, 0.4) is 0 Å². The SMILES string of the molecule is COc1ccc(CNS(=O)(=O)c2c(S(=O)(=O)C3CNC3)ccc(-c3cccn4nc(N)nc34)c2-c2nnn(Cc3ccc(OC)cc3)n2)cc1. The quantitative estimate of drug-likeness (QED) is 0.166. The number of tetrazole rings is 1. The molecule has 1 saturated heterocycles. The molecule has 16 nitrogen and oxygen atoms in total. The summed E-state index contributed by atoms with van der Waals surface area (Å²) < 4.78 is 71.9. The Labute approximate surface area is 287 Å². The first-order chi connectivity index (χ1) is 24.1. The van der Waals surface area contributed by atoms with Gasteiger partial charge in [-0.25, -0.2) is 26.1 Å². The molecule has 18 heteroatoms. The van der Waals surface area contributed by atoms with Crippen LogP contribution in [0.5, 0.6) is 11.5 Å². The number of anilines is 1. The first kappa shape index (κ1) is 33.1. The van der Waals surface area contributed by atoms with E-state index in [1.54, 1.807) is 61.8 Å². The van der Waals surface area contributed by atoms with Crippen LogP contribution in [-0.2, 0) is 33.0 Å². The van der Waals surface area contributed by atoms with Crippen LogP contribution in [-0.4, -0.2) is 84.2 Å². The van der Waals surface area contributed by atoms with Crippen molar-refractivity contribution in [3.05, 3.63) is 90.1 Å². The van der Waals surface area contributed by atoms with E-state index in [-0.39, 0.29) is 54.0 Å². The second kappa shape index (κ2) is 13.1. The summed E-state index contributed by atoms with van der Waals surface area (Å²) in [5.41, 5.74) is 8.31. The van der Waals surface area contributed by atoms with E-state index in [0.717, 1.165) is 5.56 Å². The largest absolute Gasteiger partial charge is 0.497 e. The maximum absolute atomic E-state index is 14.6. The van der Waals surface area contributed by atoms with Crippen molar-refractivity contribution in [3.8, 4) is 34.0 Å². The number of nitrogens with zero attached hydrogens (tertiary/aromatic N) is 7. The highest BCUT2D eigenvalue weighted by atomic mass is 32.2. The van der Waals surface area contributed by atoms with Crippen molar-refractivity contribution in [2.24, 2.45) is 0 Å². The maximum Gasteiger partial charge on any atom is 0.242 e. The normalized spacial score (nSPS) is 13.7. The smallest absolute Gasteiger partial charge is 0.242 e. The average Bonchev–Trinajstić information content (AvgIpc) is 3.72. The van der Waals surface area contributed by atoms with Gasteiger partial charge in [0.2, 0.25) is 21.8 Å². The fourth-order valence-corrected chi connectivity index (χ4v) is 9.23. The van der Waals surface area contributed by atoms with E-state index in [9.17, 15) is 16.8 Å². The summed E-state index contributed by atoms with van der Waals surface area (Å²) in [5, 5.41) is 19.4. The van der Waals surface area contributed by atoms with Crippen LogP contribution < -0.4 is 25.2 Å². The molecule has 258 valence electrons. The van der Waals surface area contributed by atoms with Gasteiger partial charge in [0.1, 0.15) is 16.4 Å². The lowest BCUT2D eigenvalue weighted by Gasteiger charge is -2.28. The van der Waals surface area contributed by atoms with E-state index in [0.29, 0.717) is 28.3 Å². The van der Waals surface area contributed by atoms with Crippen molar-refractivity contribution in [2.75, 3.05) is 33.0 Å². The highest BCUT2D eigenvalue weighted by Crippen LogP contribution is 2.41. The van der Waals surface area contributed by atoms with Crippen molar-refractivity contribution in [1.82, 2.24) is 44.8 Å². The number of methoxy groups -OCH3 is 2. The molecule has 7 rings (SSSR count). The zero-order valence-corrected chi connectivity index (χ0v) is 28.5. The predicted molar refractivity (Wildman–Crippen MR) is 183 cm³/mol. The summed E-state index contributed by atoms with van der Waals surface area (Å²) >= 11 is 0. The van der Waals surface area contributed by atoms with E-state index in [1.807, 2.05) is 12.1 Å². The number of pyridine rings is 1. The second-order valence-corrected chi connectivity index (χ2v) is 15.4. The zero-order chi connectivity index (χ0) is 35.0. The number of sulfone groups is 1. The Balaban J connectivity index is 1.44. The lowest BCUT2D eigenvalue weighted by atomic mass is 10.00. The van der Waals surface area contributed by atoms with Crippen molar-refractivity contribution in [2.45, 2.75) is 28.1 Å². The Kier molecular flexibility index (Phi) is 8.68. The molecule has 6 aromatic rings. The minimum atomic E-state index is -4.60. The molecule has 0 atom stereocenters. The van der Waals surface area contributed by atoms with Crippen molar-refractivity contribution in [1.29, 1.82) is 0 Å². The summed E-state index contributed by atoms with van der Waals surface area (Å²) in [6.45, 7) is 0.389. The van der Waals surface area contributed by atoms with Crippen LogP contribution in [0, 0.1) is 0 Å². The van der Waals surface area contributed by atoms with Crippen molar-refractivity contribution >= 4 is 31.5 Å². The standard InChI is InChI=1S/C32H32N10O6S2/c1-47-22-9-5-20(6-10-22)16-35-50(45,46)29-27(49(43,44)24-17-34-18-24)14-13-25(26-4-3-15-41-31(26)36-32(33)39-41)28(29)30-37-40-42(38-30)19-21-7-11-23(48-2)12-8-21/h3-15,24,34-35H,16-19H2,1-2H3,(H2,33,39). The number of sulfonamides is 1. The molecule has 1 aliphatic rings. The molecule has 0 saturated carbocycles. The molecule has 1 aliphatic heterocycles. The third kappa shape index (κ3) is 6.24. The van der Waals surface area contributed by atoms with E-state index in [1.165, 1.54) is 28.6 Å². The van der Waals surface area contributed by atoms with Crippen molar-refractivity contribution < 1.29 is 26.3 Å². The zero-order valence-electron chi connectivity index (χ0n) is 26.9. The molecular formula is C32H32N10O6S2. The van der Waals surface area contributed by atoms with E-state index in [2.05, 4.69) is 35.5 Å². The molecule has 0 unspecified atom stereocenters. The summed E-state index contributed by atoms with van der Waals surface area (Å²) in [7, 11) is -5.67. The van der Waals surface area contributed by atoms with E-state index >= 15 is 0 Å². The Bertz CT molecular complexity index is 2410. The molecule has 3 aromatic carbocycles. The number of nitrogen functional groups attached to an aromatic ring is 1. The van der Waals surface area contributed by atoms with Gasteiger partial charge in [-0.1, -0.05) is 30.3 Å². The summed E-state index contributed by atoms with van der Waals surface area (Å²) in [6.07, 6.45) is 1.64. The van der Waals surface area contributed by atoms with Gasteiger partial charge in [-0.3, -0.25) is 0 Å². The summed E-state index contributed by atoms with van der Waals surface area (Å²) in [6, 6.07) is 20.3. The van der Waals surface area contributed by atoms with Crippen LogP contribution in [0.15, 0.2) is 88.8 Å². The molecule has 4 N–H and O–H groups in total. The van der Waals surface area contributed by atoms with Crippen LogP contribution in [0.1, 0.15) is 11.1 Å². The van der Waals surface area contributed by atoms with Gasteiger partial charge in [-0.05, 0) is 64.4 Å². The predicted octanol–water partition coefficient (Wildman–Crippen LogP) is 1.92. The van der Waals surface area contributed by atoms with Gasteiger partial charge in [0.25, 0.3) is 0 Å². The molecule has 0 spiro atoms. The number of hydrogen-bond acceptors (Lipinski definition) is 13. The second-order valence-electron chi connectivity index (χ2n) is 11.5. The number of hydrogen-bond donors (Lipinski definition) is 3. The fourth-order valence-electron chi connectivity index (χ4n) is 5.59. The van der Waals surface area contributed by atoms with E-state index in [4.69, 9.17) is 15.2 Å². The number of rotatable bonds is 12. The molecule has 0 amide bonds. The summed E-state index contributed by atoms with van der Waals surface area (Å²) in [5.74, 6) is 1.15. The van der Waals surface area contributed by atoms with Gasteiger partial charge in [0.05, 0.1) is 36.5 Å². The van der Waals surface area contributed by atoms with Gasteiger partial charge in [0, 0.05) is 31.4 Å². The maximum atomic E-state index is 14.6. The van der Waals surface area contributed by atoms with Crippen LogP contribution in [0.4, 0.5) is 5.95 Å². The average molecular weight is 717 g/mol. The molecule has 0 radical (unpaired) electrons. The number of nitrogens with one attached hydrogen (secondary N) is 2. The van der Waals surface area contributed by atoms with Gasteiger partial charge >= 0.3 is 0 Å². The highest BCUT2D eigenvalue weighted by Gasteiger charge is 2.40. The number of nitrogens with two attached hydrogens (primary N) is 1. The van der Waals surface area contributed by atoms with Crippen LogP contribution in [0.2, 0.25) is 0 Å². The monoisotopic (exact) mass is 716 g/mol. The number of ether oxygens (including phenoxy) is 2. The van der Waals surface area contributed by atoms with Gasteiger partial charge in [-0.15, -0.1) is 15.3 Å². The topological polar surface area (TPSA) is 211 Å². The highest BCUT2D eigenvalue weighted by molar-refractivity contribution is 7.94. The molecular weight excluding hydrogens is 685 g/mol. The van der Waals surface area contributed by atoms with Crippen LogP contribution >= 0.6 is 0 Å². The molecule has 0 aliphatic carbocycles. The molecule has 50 heavy (non-hydrogen) atoms. The molecule has 3 aromatic heterocycles. The van der Waals surface area contributed by atoms with E-state index < -0.39 is 30.0 Å². The Morgan fingerprint density at radius 2 is 1.56 bits per heavy atom. The fraction of sp³-hybridized carbons (Fsp3) is 0.219. The molecule has 0 bridgehead atoms. The Hall–Kier alpha value is -5.43. The lowest BCUT2D eigenvalue weighted by Crippen LogP contribution is -2.51. The third-order valence-electron chi connectivity index (χ3n) is 8.33. The van der Waals surface area contributed by atoms with Gasteiger partial charge in [0.15, 0.2) is 15.5 Å². The minimum absolute atomic E-state index is 0.00625. The minimum Gasteiger partial charge on any atom is -0.497 e. The number of fused-ring (bicyclic) bond motifs is 1. The lowest BCUT2D eigenvalue weighted by molar-refractivity contribution is 0.414. The van der Waals surface area contributed by atoms with Crippen LogP contribution in [0.25, 0.3) is 28.2 Å². The first-order valence-electron chi connectivity index (χ1n) is 15.3. The first-order valence-corrected chi connectivity index (χ1v) is 18.4. The Morgan fingerprint density at radius 1 is 0.880 bits per heavy atom. The van der Waals surface area contributed by atoms with Crippen molar-refractivity contribution in [3.63, 3.8) is 0 Å². The Morgan fingerprint density at radius 3 is 2.20 bits per heavy atom. The molecule has 4 heterocycles. The summed E-state index contributed by atoms with van der Waals surface area (Å²) in [4.78, 5) is 4.77. The number of aromatic nitrogens is 7.